The SMILES string of the molecule is CCCn1cnc2nc3ccccc3n2c1=O. The van der Waals surface area contributed by atoms with Crippen LogP contribution in [0.25, 0.3) is 16.8 Å². The molecule has 0 aliphatic carbocycles. The van der Waals surface area contributed by atoms with E-state index < -0.39 is 0 Å². The largest absolute Gasteiger partial charge is 0.336 e. The van der Waals surface area contributed by atoms with E-state index in [1.54, 1.807) is 15.3 Å². The number of rotatable bonds is 2. The first-order valence-corrected chi connectivity index (χ1v) is 5.64. The van der Waals surface area contributed by atoms with E-state index in [4.69, 9.17) is 0 Å². The standard InChI is InChI=1S/C12H12N4O/c1-2-7-15-8-13-11-14-9-5-3-4-6-10(9)16(11)12(15)17/h3-6,8H,2,7H2,1H3. The van der Waals surface area contributed by atoms with Gasteiger partial charge in [0.05, 0.1) is 11.0 Å². The molecule has 0 saturated heterocycles. The van der Waals surface area contributed by atoms with Crippen LogP contribution >= 0.6 is 0 Å². The Bertz CT molecular complexity index is 741. The second-order valence-corrected chi connectivity index (χ2v) is 3.96. The van der Waals surface area contributed by atoms with Crippen molar-refractivity contribution in [3.63, 3.8) is 0 Å². The number of para-hydroxylation sites is 2. The van der Waals surface area contributed by atoms with Crippen molar-refractivity contribution in [2.24, 2.45) is 0 Å². The molecule has 3 aromatic rings. The fourth-order valence-electron chi connectivity index (χ4n) is 1.98. The van der Waals surface area contributed by atoms with E-state index in [9.17, 15) is 4.79 Å². The van der Waals surface area contributed by atoms with Gasteiger partial charge in [0.25, 0.3) is 0 Å². The van der Waals surface area contributed by atoms with Gasteiger partial charge in [0, 0.05) is 6.54 Å². The third-order valence-corrected chi connectivity index (χ3v) is 2.76. The molecule has 0 spiro atoms. The number of hydrogen-bond donors (Lipinski definition) is 0. The molecule has 2 aromatic heterocycles. The van der Waals surface area contributed by atoms with Gasteiger partial charge >= 0.3 is 5.69 Å². The molecular formula is C12H12N4O. The Morgan fingerprint density at radius 2 is 2.12 bits per heavy atom. The zero-order valence-electron chi connectivity index (χ0n) is 9.50. The Labute approximate surface area is 97.4 Å². The van der Waals surface area contributed by atoms with Gasteiger partial charge in [0.15, 0.2) is 0 Å². The van der Waals surface area contributed by atoms with E-state index >= 15 is 0 Å². The van der Waals surface area contributed by atoms with Crippen LogP contribution in [0.5, 0.6) is 0 Å². The lowest BCUT2D eigenvalue weighted by molar-refractivity contribution is 0.616. The Kier molecular flexibility index (Phi) is 2.18. The zero-order chi connectivity index (χ0) is 11.8. The van der Waals surface area contributed by atoms with Crippen LogP contribution in [0.15, 0.2) is 35.4 Å². The van der Waals surface area contributed by atoms with E-state index in [0.29, 0.717) is 12.3 Å². The maximum atomic E-state index is 12.2. The molecule has 3 rings (SSSR count). The molecule has 2 heterocycles. The lowest BCUT2D eigenvalue weighted by Gasteiger charge is -2.02. The highest BCUT2D eigenvalue weighted by molar-refractivity contribution is 5.78. The van der Waals surface area contributed by atoms with Crippen LogP contribution in [-0.4, -0.2) is 18.9 Å². The first kappa shape index (κ1) is 10.0. The average Bonchev–Trinajstić information content (AvgIpc) is 2.72. The third-order valence-electron chi connectivity index (χ3n) is 2.76. The monoisotopic (exact) mass is 228 g/mol. The Morgan fingerprint density at radius 1 is 1.29 bits per heavy atom. The maximum Gasteiger partial charge on any atom is 0.336 e. The highest BCUT2D eigenvalue weighted by Gasteiger charge is 2.08. The highest BCUT2D eigenvalue weighted by Crippen LogP contribution is 2.11. The van der Waals surface area contributed by atoms with Crippen molar-refractivity contribution in [1.29, 1.82) is 0 Å². The van der Waals surface area contributed by atoms with Crippen LogP contribution < -0.4 is 5.69 Å². The number of aryl methyl sites for hydroxylation is 1. The van der Waals surface area contributed by atoms with E-state index in [1.807, 2.05) is 31.2 Å². The number of benzene rings is 1. The third kappa shape index (κ3) is 1.43. The van der Waals surface area contributed by atoms with Crippen LogP contribution in [0, 0.1) is 0 Å². The Hall–Kier alpha value is -2.17. The number of fused-ring (bicyclic) bond motifs is 3. The summed E-state index contributed by atoms with van der Waals surface area (Å²) >= 11 is 0. The van der Waals surface area contributed by atoms with Gasteiger partial charge in [-0.3, -0.25) is 4.57 Å². The molecule has 0 N–H and O–H groups in total. The molecule has 0 unspecified atom stereocenters. The van der Waals surface area contributed by atoms with Crippen LogP contribution in [0.4, 0.5) is 0 Å². The molecule has 0 aliphatic heterocycles. The minimum Gasteiger partial charge on any atom is -0.284 e. The topological polar surface area (TPSA) is 52.2 Å². The minimum atomic E-state index is -0.0782. The Morgan fingerprint density at radius 3 is 2.94 bits per heavy atom. The van der Waals surface area contributed by atoms with Gasteiger partial charge in [-0.25, -0.2) is 19.2 Å². The first-order valence-electron chi connectivity index (χ1n) is 5.64. The summed E-state index contributed by atoms with van der Waals surface area (Å²) in [4.78, 5) is 20.8. The quantitative estimate of drug-likeness (QED) is 0.667. The van der Waals surface area contributed by atoms with Crippen molar-refractivity contribution >= 4 is 16.8 Å². The van der Waals surface area contributed by atoms with Crippen molar-refractivity contribution in [2.75, 3.05) is 0 Å². The number of imidazole rings is 1. The van der Waals surface area contributed by atoms with E-state index in [-0.39, 0.29) is 5.69 Å². The van der Waals surface area contributed by atoms with E-state index in [1.165, 1.54) is 0 Å². The summed E-state index contributed by atoms with van der Waals surface area (Å²) in [5, 5.41) is 0. The summed E-state index contributed by atoms with van der Waals surface area (Å²) in [7, 11) is 0. The van der Waals surface area contributed by atoms with Gasteiger partial charge in [-0.05, 0) is 18.6 Å². The van der Waals surface area contributed by atoms with Crippen molar-refractivity contribution in [1.82, 2.24) is 18.9 Å². The highest BCUT2D eigenvalue weighted by atomic mass is 16.1. The lowest BCUT2D eigenvalue weighted by Crippen LogP contribution is -2.26. The van der Waals surface area contributed by atoms with Gasteiger partial charge in [-0.1, -0.05) is 19.1 Å². The first-order chi connectivity index (χ1) is 8.31. The molecule has 0 fully saturated rings. The van der Waals surface area contributed by atoms with Crippen LogP contribution in [0.3, 0.4) is 0 Å². The predicted molar refractivity (Wildman–Crippen MR) is 65.0 cm³/mol. The van der Waals surface area contributed by atoms with Crippen molar-refractivity contribution in [3.8, 4) is 0 Å². The molecule has 5 heteroatoms. The van der Waals surface area contributed by atoms with Crippen LogP contribution in [0.1, 0.15) is 13.3 Å². The molecule has 0 atom stereocenters. The summed E-state index contributed by atoms with van der Waals surface area (Å²) in [6.45, 7) is 2.71. The predicted octanol–water partition coefficient (Wildman–Crippen LogP) is 1.45. The van der Waals surface area contributed by atoms with Gasteiger partial charge in [0.1, 0.15) is 6.33 Å². The average molecular weight is 228 g/mol. The maximum absolute atomic E-state index is 12.2. The van der Waals surface area contributed by atoms with Crippen LogP contribution in [0.2, 0.25) is 0 Å². The summed E-state index contributed by atoms with van der Waals surface area (Å²) in [5.74, 6) is 0.462. The van der Waals surface area contributed by atoms with Gasteiger partial charge in [-0.15, -0.1) is 0 Å². The summed E-state index contributed by atoms with van der Waals surface area (Å²) in [6.07, 6.45) is 2.47. The van der Waals surface area contributed by atoms with E-state index in [2.05, 4.69) is 9.97 Å². The molecule has 1 aromatic carbocycles. The minimum absolute atomic E-state index is 0.0782. The van der Waals surface area contributed by atoms with Crippen molar-refractivity contribution in [2.45, 2.75) is 19.9 Å². The molecule has 17 heavy (non-hydrogen) atoms. The van der Waals surface area contributed by atoms with Crippen molar-refractivity contribution < 1.29 is 0 Å². The summed E-state index contributed by atoms with van der Waals surface area (Å²) in [6, 6.07) is 7.56. The molecule has 0 saturated carbocycles. The molecule has 0 amide bonds. The number of nitrogens with zero attached hydrogens (tertiary/aromatic N) is 4. The molecule has 86 valence electrons. The molecule has 5 nitrogen and oxygen atoms in total. The van der Waals surface area contributed by atoms with Gasteiger partial charge in [0.2, 0.25) is 5.78 Å². The molecular weight excluding hydrogens is 216 g/mol. The number of hydrogen-bond acceptors (Lipinski definition) is 3. The van der Waals surface area contributed by atoms with Gasteiger partial charge in [-0.2, -0.15) is 0 Å². The second kappa shape index (κ2) is 3.69. The Balaban J connectivity index is 2.44. The van der Waals surface area contributed by atoms with Gasteiger partial charge < -0.3 is 0 Å². The fourth-order valence-corrected chi connectivity index (χ4v) is 1.98. The van der Waals surface area contributed by atoms with E-state index in [0.717, 1.165) is 17.5 Å². The normalized spacial score (nSPS) is 11.4. The van der Waals surface area contributed by atoms with Crippen molar-refractivity contribution in [3.05, 3.63) is 41.1 Å². The van der Waals surface area contributed by atoms with Crippen LogP contribution in [-0.2, 0) is 6.54 Å². The zero-order valence-corrected chi connectivity index (χ0v) is 9.50. The summed E-state index contributed by atoms with van der Waals surface area (Å²) in [5.41, 5.74) is 1.53. The molecule has 0 bridgehead atoms. The molecule has 0 radical (unpaired) electrons. The second-order valence-electron chi connectivity index (χ2n) is 3.96. The fraction of sp³-hybridized carbons (Fsp3) is 0.250. The number of aromatic nitrogens is 4. The molecule has 0 aliphatic rings. The smallest absolute Gasteiger partial charge is 0.284 e. The lowest BCUT2D eigenvalue weighted by atomic mass is 10.3. The summed E-state index contributed by atoms with van der Waals surface area (Å²) < 4.78 is 3.17.